The Bertz CT molecular complexity index is 579. The summed E-state index contributed by atoms with van der Waals surface area (Å²) in [5.74, 6) is 1.55. The van der Waals surface area contributed by atoms with Crippen molar-refractivity contribution >= 4 is 11.6 Å². The van der Waals surface area contributed by atoms with Crippen LogP contribution in [0.4, 0.5) is 0 Å². The van der Waals surface area contributed by atoms with E-state index in [1.807, 2.05) is 32.2 Å². The Morgan fingerprint density at radius 1 is 1.47 bits per heavy atom. The molecule has 0 saturated heterocycles. The average Bonchev–Trinajstić information content (AvgIpc) is 2.68. The molecule has 0 aliphatic rings. The lowest BCUT2D eigenvalue weighted by atomic mass is 10.1. The van der Waals surface area contributed by atoms with Crippen LogP contribution in [0.15, 0.2) is 24.4 Å². The highest BCUT2D eigenvalue weighted by molar-refractivity contribution is 6.29. The second-order valence-corrected chi connectivity index (χ2v) is 4.93. The van der Waals surface area contributed by atoms with Crippen molar-refractivity contribution in [1.29, 1.82) is 0 Å². The molecule has 0 amide bonds. The number of aliphatic hydroxyl groups is 1. The van der Waals surface area contributed by atoms with E-state index in [9.17, 15) is 5.11 Å². The molecule has 1 atom stereocenters. The van der Waals surface area contributed by atoms with Crippen LogP contribution in [0.3, 0.4) is 0 Å². The number of halogens is 1. The molecule has 19 heavy (non-hydrogen) atoms. The van der Waals surface area contributed by atoms with Crippen LogP contribution < -0.4 is 4.74 Å². The number of imidazole rings is 1. The lowest BCUT2D eigenvalue weighted by Gasteiger charge is -2.12. The van der Waals surface area contributed by atoms with E-state index >= 15 is 0 Å². The third-order valence-corrected chi connectivity index (χ3v) is 3.42. The molecule has 2 rings (SSSR count). The number of nitrogens with zero attached hydrogens (tertiary/aromatic N) is 2. The number of hydrogen-bond donors (Lipinski definition) is 1. The van der Waals surface area contributed by atoms with E-state index in [-0.39, 0.29) is 0 Å². The van der Waals surface area contributed by atoms with Gasteiger partial charge in [0.2, 0.25) is 0 Å². The number of hydrogen-bond acceptors (Lipinski definition) is 3. The molecule has 0 saturated carbocycles. The van der Waals surface area contributed by atoms with Gasteiger partial charge in [-0.1, -0.05) is 17.7 Å². The van der Waals surface area contributed by atoms with Crippen molar-refractivity contribution in [2.45, 2.75) is 26.6 Å². The van der Waals surface area contributed by atoms with Gasteiger partial charge in [0.15, 0.2) is 0 Å². The zero-order valence-corrected chi connectivity index (χ0v) is 12.0. The number of ether oxygens (including phenoxy) is 1. The van der Waals surface area contributed by atoms with Gasteiger partial charge in [-0.2, -0.15) is 0 Å². The minimum Gasteiger partial charge on any atom is -0.485 e. The molecule has 5 heteroatoms. The molecule has 2 aromatic rings. The van der Waals surface area contributed by atoms with Gasteiger partial charge in [0.25, 0.3) is 0 Å². The number of rotatable bonds is 4. The van der Waals surface area contributed by atoms with Gasteiger partial charge >= 0.3 is 0 Å². The fraction of sp³-hybridized carbons (Fsp3) is 0.357. The smallest absolute Gasteiger partial charge is 0.147 e. The summed E-state index contributed by atoms with van der Waals surface area (Å²) in [7, 11) is 1.84. The maximum absolute atomic E-state index is 9.52. The molecule has 0 aliphatic heterocycles. The highest BCUT2D eigenvalue weighted by Crippen LogP contribution is 2.23. The summed E-state index contributed by atoms with van der Waals surface area (Å²) >= 11 is 5.92. The first-order valence-corrected chi connectivity index (χ1v) is 6.44. The van der Waals surface area contributed by atoms with E-state index in [0.29, 0.717) is 11.8 Å². The highest BCUT2D eigenvalue weighted by Gasteiger charge is 2.08. The number of aliphatic hydroxyl groups excluding tert-OH is 1. The molecular formula is C14H17ClN2O2. The highest BCUT2D eigenvalue weighted by atomic mass is 35.5. The van der Waals surface area contributed by atoms with E-state index in [4.69, 9.17) is 16.3 Å². The lowest BCUT2D eigenvalue weighted by Crippen LogP contribution is -2.04. The third-order valence-electron chi connectivity index (χ3n) is 3.07. The summed E-state index contributed by atoms with van der Waals surface area (Å²) < 4.78 is 7.51. The van der Waals surface area contributed by atoms with Crippen LogP contribution in [0.2, 0.25) is 5.15 Å². The number of aryl methyl sites for hydroxylation is 1. The first-order chi connectivity index (χ1) is 8.99. The standard InChI is InChI=1S/C14H17ClN2O2/c1-9-6-11(10(2)18)4-5-12(9)19-8-14-16-7-13(15)17(14)3/h4-7,10,18H,8H2,1-3H3/t10-/m1/s1. The van der Waals surface area contributed by atoms with Crippen LogP contribution in [0.25, 0.3) is 0 Å². The summed E-state index contributed by atoms with van der Waals surface area (Å²) in [5, 5.41) is 10.1. The van der Waals surface area contributed by atoms with E-state index in [0.717, 1.165) is 22.7 Å². The monoisotopic (exact) mass is 280 g/mol. The minimum absolute atomic E-state index is 0.359. The Morgan fingerprint density at radius 2 is 2.21 bits per heavy atom. The van der Waals surface area contributed by atoms with Gasteiger partial charge in [0.1, 0.15) is 23.3 Å². The van der Waals surface area contributed by atoms with Gasteiger partial charge in [-0.15, -0.1) is 0 Å². The molecular weight excluding hydrogens is 264 g/mol. The lowest BCUT2D eigenvalue weighted by molar-refractivity contribution is 0.199. The van der Waals surface area contributed by atoms with Gasteiger partial charge in [-0.25, -0.2) is 4.98 Å². The van der Waals surface area contributed by atoms with Crippen LogP contribution in [0, 0.1) is 6.92 Å². The predicted molar refractivity (Wildman–Crippen MR) is 74.4 cm³/mol. The van der Waals surface area contributed by atoms with Gasteiger partial charge < -0.3 is 14.4 Å². The summed E-state index contributed by atoms with van der Waals surface area (Å²) in [5.41, 5.74) is 1.86. The molecule has 0 fully saturated rings. The van der Waals surface area contributed by atoms with Crippen LogP contribution in [-0.4, -0.2) is 14.7 Å². The van der Waals surface area contributed by atoms with Crippen molar-refractivity contribution in [2.24, 2.45) is 7.05 Å². The normalized spacial score (nSPS) is 12.5. The molecule has 0 aliphatic carbocycles. The molecule has 1 aromatic carbocycles. The average molecular weight is 281 g/mol. The molecule has 1 aromatic heterocycles. The van der Waals surface area contributed by atoms with Gasteiger partial charge in [0, 0.05) is 7.05 Å². The molecule has 0 radical (unpaired) electrons. The second-order valence-electron chi connectivity index (χ2n) is 4.55. The fourth-order valence-electron chi connectivity index (χ4n) is 1.80. The molecule has 4 nitrogen and oxygen atoms in total. The summed E-state index contributed by atoms with van der Waals surface area (Å²) in [6, 6.07) is 5.64. The zero-order valence-electron chi connectivity index (χ0n) is 11.2. The molecule has 0 unspecified atom stereocenters. The Balaban J connectivity index is 2.10. The summed E-state index contributed by atoms with van der Waals surface area (Å²) in [4.78, 5) is 4.17. The first kappa shape index (κ1) is 13.9. The quantitative estimate of drug-likeness (QED) is 0.936. The van der Waals surface area contributed by atoms with Crippen LogP contribution in [-0.2, 0) is 13.7 Å². The minimum atomic E-state index is -0.471. The van der Waals surface area contributed by atoms with E-state index in [1.54, 1.807) is 17.7 Å². The molecule has 0 bridgehead atoms. The first-order valence-electron chi connectivity index (χ1n) is 6.06. The third kappa shape index (κ3) is 3.08. The van der Waals surface area contributed by atoms with Crippen molar-refractivity contribution in [3.05, 3.63) is 46.5 Å². The van der Waals surface area contributed by atoms with E-state index in [1.165, 1.54) is 0 Å². The fourth-order valence-corrected chi connectivity index (χ4v) is 1.94. The molecule has 0 spiro atoms. The van der Waals surface area contributed by atoms with E-state index in [2.05, 4.69) is 4.98 Å². The Labute approximate surface area is 117 Å². The van der Waals surface area contributed by atoms with E-state index < -0.39 is 6.10 Å². The van der Waals surface area contributed by atoms with Crippen molar-refractivity contribution in [2.75, 3.05) is 0 Å². The summed E-state index contributed by atoms with van der Waals surface area (Å²) in [6.45, 7) is 4.05. The van der Waals surface area contributed by atoms with Crippen molar-refractivity contribution in [3.8, 4) is 5.75 Å². The second kappa shape index (κ2) is 5.63. The van der Waals surface area contributed by atoms with Crippen LogP contribution in [0.5, 0.6) is 5.75 Å². The predicted octanol–water partition coefficient (Wildman–Crippen LogP) is 3.01. The van der Waals surface area contributed by atoms with Crippen molar-refractivity contribution in [3.63, 3.8) is 0 Å². The Hall–Kier alpha value is -1.52. The Kier molecular flexibility index (Phi) is 4.12. The molecule has 102 valence electrons. The topological polar surface area (TPSA) is 47.3 Å². The van der Waals surface area contributed by atoms with Crippen LogP contribution in [0.1, 0.15) is 30.0 Å². The number of aromatic nitrogens is 2. The van der Waals surface area contributed by atoms with Crippen LogP contribution >= 0.6 is 11.6 Å². The largest absolute Gasteiger partial charge is 0.485 e. The Morgan fingerprint density at radius 3 is 2.74 bits per heavy atom. The SMILES string of the molecule is Cc1cc([C@@H](C)O)ccc1OCc1ncc(Cl)n1C. The van der Waals surface area contributed by atoms with Crippen molar-refractivity contribution < 1.29 is 9.84 Å². The van der Waals surface area contributed by atoms with Gasteiger partial charge in [-0.3, -0.25) is 0 Å². The maximum Gasteiger partial charge on any atom is 0.147 e. The van der Waals surface area contributed by atoms with Gasteiger partial charge in [0.05, 0.1) is 12.3 Å². The number of benzene rings is 1. The zero-order chi connectivity index (χ0) is 14.0. The molecule has 1 heterocycles. The van der Waals surface area contributed by atoms with Crippen molar-refractivity contribution in [1.82, 2.24) is 9.55 Å². The summed E-state index contributed by atoms with van der Waals surface area (Å²) in [6.07, 6.45) is 1.13. The maximum atomic E-state index is 9.52. The van der Waals surface area contributed by atoms with Gasteiger partial charge in [-0.05, 0) is 37.1 Å². The molecule has 1 N–H and O–H groups in total.